The van der Waals surface area contributed by atoms with Crippen molar-refractivity contribution in [2.45, 2.75) is 4.90 Å². The number of benzene rings is 2. The Hall–Kier alpha value is -2.10. The second-order valence-electron chi connectivity index (χ2n) is 5.13. The normalized spacial score (nSPS) is 11.0. The molecule has 1 amide bonds. The summed E-state index contributed by atoms with van der Waals surface area (Å²) in [5.74, 6) is 0.437. The lowest BCUT2D eigenvalue weighted by Gasteiger charge is -2.11. The number of carbonyl (C=O) groups is 1. The summed E-state index contributed by atoms with van der Waals surface area (Å²) >= 11 is 3.35. The van der Waals surface area contributed by atoms with E-state index in [-0.39, 0.29) is 29.4 Å². The lowest BCUT2D eigenvalue weighted by atomic mass is 10.2. The third-order valence-electron chi connectivity index (χ3n) is 3.44. The summed E-state index contributed by atoms with van der Waals surface area (Å²) in [4.78, 5) is 12.2. The van der Waals surface area contributed by atoms with Crippen LogP contribution in [0.1, 0.15) is 10.4 Å². The highest BCUT2D eigenvalue weighted by Gasteiger charge is 2.20. The summed E-state index contributed by atoms with van der Waals surface area (Å²) in [6, 6.07) is 11.6. The number of hydrogen-bond donors (Lipinski definition) is 2. The Morgan fingerprint density at radius 1 is 1.19 bits per heavy atom. The first-order chi connectivity index (χ1) is 12.4. The maximum absolute atomic E-state index is 12.2. The van der Waals surface area contributed by atoms with E-state index in [0.29, 0.717) is 5.75 Å². The summed E-state index contributed by atoms with van der Waals surface area (Å²) in [5, 5.41) is 2.69. The molecule has 2 aromatic rings. The molecule has 0 saturated carbocycles. The topological polar surface area (TPSA) is 93.7 Å². The van der Waals surface area contributed by atoms with E-state index in [1.807, 2.05) is 24.3 Å². The summed E-state index contributed by atoms with van der Waals surface area (Å²) in [7, 11) is -1.09. The molecule has 9 heteroatoms. The van der Waals surface area contributed by atoms with Crippen LogP contribution in [0, 0.1) is 0 Å². The number of hydrogen-bond acceptors (Lipinski definition) is 5. The average molecular weight is 443 g/mol. The first-order valence-corrected chi connectivity index (χ1v) is 9.93. The lowest BCUT2D eigenvalue weighted by Crippen LogP contribution is -2.28. The second kappa shape index (κ2) is 9.02. The van der Waals surface area contributed by atoms with Gasteiger partial charge in [0.1, 0.15) is 23.0 Å². The van der Waals surface area contributed by atoms with Crippen LogP contribution in [0.4, 0.5) is 0 Å². The van der Waals surface area contributed by atoms with Crippen LogP contribution >= 0.6 is 15.9 Å². The third kappa shape index (κ3) is 5.20. The summed E-state index contributed by atoms with van der Waals surface area (Å²) in [6.45, 7) is 0.547. The van der Waals surface area contributed by atoms with Crippen LogP contribution in [-0.4, -0.2) is 41.6 Å². The summed E-state index contributed by atoms with van der Waals surface area (Å²) < 4.78 is 37.8. The molecule has 0 unspecified atom stereocenters. The smallest absolute Gasteiger partial charge is 0.251 e. The van der Waals surface area contributed by atoms with Crippen LogP contribution in [0.15, 0.2) is 51.8 Å². The Morgan fingerprint density at radius 3 is 2.62 bits per heavy atom. The molecule has 0 heterocycles. The van der Waals surface area contributed by atoms with E-state index in [0.717, 1.165) is 4.47 Å². The standard InChI is InChI=1S/C17H19BrN2O5S/c1-19-26(22,23)16-10-12(6-7-15(16)24-2)17(21)20-8-9-25-14-5-3-4-13(18)11-14/h3-7,10-11,19H,8-9H2,1-2H3,(H,20,21). The van der Waals surface area contributed by atoms with Gasteiger partial charge in [0.05, 0.1) is 13.7 Å². The SMILES string of the molecule is CNS(=O)(=O)c1cc(C(=O)NCCOc2cccc(Br)c2)ccc1OC. The van der Waals surface area contributed by atoms with Gasteiger partial charge in [-0.2, -0.15) is 0 Å². The van der Waals surface area contributed by atoms with Gasteiger partial charge in [0.25, 0.3) is 5.91 Å². The maximum atomic E-state index is 12.2. The molecule has 0 aliphatic carbocycles. The molecule has 0 bridgehead atoms. The molecule has 7 nitrogen and oxygen atoms in total. The van der Waals surface area contributed by atoms with E-state index in [4.69, 9.17) is 9.47 Å². The van der Waals surface area contributed by atoms with Gasteiger partial charge in [-0.25, -0.2) is 13.1 Å². The van der Waals surface area contributed by atoms with E-state index in [1.54, 1.807) is 0 Å². The van der Waals surface area contributed by atoms with E-state index >= 15 is 0 Å². The predicted octanol–water partition coefficient (Wildman–Crippen LogP) is 2.17. The van der Waals surface area contributed by atoms with Crippen molar-refractivity contribution >= 4 is 31.9 Å². The van der Waals surface area contributed by atoms with Crippen molar-refractivity contribution in [2.75, 3.05) is 27.3 Å². The highest BCUT2D eigenvalue weighted by molar-refractivity contribution is 9.10. The second-order valence-corrected chi connectivity index (χ2v) is 7.91. The maximum Gasteiger partial charge on any atom is 0.251 e. The molecule has 0 aromatic heterocycles. The molecule has 140 valence electrons. The van der Waals surface area contributed by atoms with Crippen LogP contribution in [0.5, 0.6) is 11.5 Å². The van der Waals surface area contributed by atoms with Gasteiger partial charge >= 0.3 is 0 Å². The first-order valence-electron chi connectivity index (χ1n) is 7.65. The van der Waals surface area contributed by atoms with E-state index < -0.39 is 15.9 Å². The van der Waals surface area contributed by atoms with Crippen molar-refractivity contribution in [3.05, 3.63) is 52.5 Å². The Labute approximate surface area is 160 Å². The average Bonchev–Trinajstić information content (AvgIpc) is 2.64. The van der Waals surface area contributed by atoms with Gasteiger partial charge in [-0.05, 0) is 43.4 Å². The van der Waals surface area contributed by atoms with Gasteiger partial charge in [0.15, 0.2) is 0 Å². The van der Waals surface area contributed by atoms with Crippen LogP contribution < -0.4 is 19.5 Å². The molecule has 0 atom stereocenters. The predicted molar refractivity (Wildman–Crippen MR) is 101 cm³/mol. The van der Waals surface area contributed by atoms with Crippen LogP contribution in [-0.2, 0) is 10.0 Å². The van der Waals surface area contributed by atoms with Crippen molar-refractivity contribution < 1.29 is 22.7 Å². The number of rotatable bonds is 8. The molecule has 26 heavy (non-hydrogen) atoms. The summed E-state index contributed by atoms with van der Waals surface area (Å²) in [5.41, 5.74) is 0.210. The number of halogens is 1. The van der Waals surface area contributed by atoms with E-state index in [9.17, 15) is 13.2 Å². The minimum atomic E-state index is -3.75. The Morgan fingerprint density at radius 2 is 1.96 bits per heavy atom. The lowest BCUT2D eigenvalue weighted by molar-refractivity contribution is 0.0946. The molecule has 2 aromatic carbocycles. The minimum absolute atomic E-state index is 0.0967. The fourth-order valence-corrected chi connectivity index (χ4v) is 3.43. The molecule has 0 aliphatic heterocycles. The first kappa shape index (κ1) is 20.2. The van der Waals surface area contributed by atoms with Gasteiger partial charge < -0.3 is 14.8 Å². The van der Waals surface area contributed by atoms with Gasteiger partial charge in [-0.3, -0.25) is 4.79 Å². The molecule has 2 N–H and O–H groups in total. The zero-order valence-electron chi connectivity index (χ0n) is 14.3. The van der Waals surface area contributed by atoms with Crippen molar-refractivity contribution in [3.63, 3.8) is 0 Å². The molecule has 2 rings (SSSR count). The highest BCUT2D eigenvalue weighted by atomic mass is 79.9. The van der Waals surface area contributed by atoms with Gasteiger partial charge in [-0.15, -0.1) is 0 Å². The number of nitrogens with one attached hydrogen (secondary N) is 2. The zero-order valence-corrected chi connectivity index (χ0v) is 16.7. The fraction of sp³-hybridized carbons (Fsp3) is 0.235. The molecule has 0 saturated heterocycles. The van der Waals surface area contributed by atoms with Crippen LogP contribution in [0.25, 0.3) is 0 Å². The van der Waals surface area contributed by atoms with Crippen molar-refractivity contribution in [3.8, 4) is 11.5 Å². The molecule has 0 spiro atoms. The largest absolute Gasteiger partial charge is 0.495 e. The number of ether oxygens (including phenoxy) is 2. The number of sulfonamides is 1. The molecular weight excluding hydrogens is 424 g/mol. The fourth-order valence-electron chi connectivity index (χ4n) is 2.13. The number of amides is 1. The third-order valence-corrected chi connectivity index (χ3v) is 5.37. The Balaban J connectivity index is 2.00. The monoisotopic (exact) mass is 442 g/mol. The van der Waals surface area contributed by atoms with Crippen molar-refractivity contribution in [1.29, 1.82) is 0 Å². The summed E-state index contributed by atoms with van der Waals surface area (Å²) in [6.07, 6.45) is 0. The quantitative estimate of drug-likeness (QED) is 0.610. The van der Waals surface area contributed by atoms with Gasteiger partial charge in [0, 0.05) is 10.0 Å². The van der Waals surface area contributed by atoms with E-state index in [1.165, 1.54) is 32.4 Å². The number of carbonyl (C=O) groups excluding carboxylic acids is 1. The van der Waals surface area contributed by atoms with Crippen molar-refractivity contribution in [1.82, 2.24) is 10.0 Å². The van der Waals surface area contributed by atoms with Crippen LogP contribution in [0.3, 0.4) is 0 Å². The molecular formula is C17H19BrN2O5S. The zero-order chi connectivity index (χ0) is 19.2. The molecule has 0 radical (unpaired) electrons. The van der Waals surface area contributed by atoms with E-state index in [2.05, 4.69) is 26.0 Å². The molecule has 0 fully saturated rings. The van der Waals surface area contributed by atoms with Crippen molar-refractivity contribution in [2.24, 2.45) is 0 Å². The highest BCUT2D eigenvalue weighted by Crippen LogP contribution is 2.24. The van der Waals surface area contributed by atoms with Gasteiger partial charge in [0.2, 0.25) is 10.0 Å². The number of methoxy groups -OCH3 is 1. The van der Waals surface area contributed by atoms with Gasteiger partial charge in [-0.1, -0.05) is 22.0 Å². The Kier molecular flexibility index (Phi) is 7.01. The minimum Gasteiger partial charge on any atom is -0.495 e. The van der Waals surface area contributed by atoms with Crippen LogP contribution in [0.2, 0.25) is 0 Å². The molecule has 0 aliphatic rings. The Bertz CT molecular complexity index is 886.